The second-order valence-electron chi connectivity index (χ2n) is 8.52. The zero-order chi connectivity index (χ0) is 26.2. The number of nitrogens with zero attached hydrogens (tertiary/aromatic N) is 2. The lowest BCUT2D eigenvalue weighted by Crippen LogP contribution is -2.49. The second kappa shape index (κ2) is 16.6. The van der Waals surface area contributed by atoms with Crippen LogP contribution in [0.2, 0.25) is 0 Å². The maximum Gasteiger partial charge on any atom is 0.325 e. The van der Waals surface area contributed by atoms with E-state index in [1.165, 1.54) is 42.6 Å². The van der Waals surface area contributed by atoms with Crippen molar-refractivity contribution in [3.63, 3.8) is 0 Å². The number of anilines is 1. The van der Waals surface area contributed by atoms with Gasteiger partial charge in [0.15, 0.2) is 11.6 Å². The number of carbonyl (C=O) groups excluding carboxylic acids is 2. The first-order valence-electron chi connectivity index (χ1n) is 11.6. The number of amides is 3. The van der Waals surface area contributed by atoms with E-state index in [0.29, 0.717) is 35.9 Å². The minimum Gasteiger partial charge on any atom is -0.453 e. The van der Waals surface area contributed by atoms with Crippen molar-refractivity contribution in [2.75, 3.05) is 31.5 Å². The molecule has 1 aliphatic rings. The molecule has 0 unspecified atom stereocenters. The largest absolute Gasteiger partial charge is 0.453 e. The van der Waals surface area contributed by atoms with Crippen molar-refractivity contribution in [1.29, 1.82) is 0 Å². The zero-order valence-electron chi connectivity index (χ0n) is 21.1. The van der Waals surface area contributed by atoms with Crippen LogP contribution in [0.1, 0.15) is 11.1 Å². The zero-order valence-corrected chi connectivity index (χ0v) is 23.5. The normalized spacial score (nSPS) is 12.2. The van der Waals surface area contributed by atoms with Gasteiger partial charge in [-0.05, 0) is 42.3 Å². The number of nitrogens with one attached hydrogen (secondary N) is 2. The topological polar surface area (TPSA) is 110 Å². The third-order valence-corrected chi connectivity index (χ3v) is 5.61. The van der Waals surface area contributed by atoms with Gasteiger partial charge in [0.2, 0.25) is 5.91 Å². The summed E-state index contributed by atoms with van der Waals surface area (Å²) in [5.74, 6) is 5.14. The van der Waals surface area contributed by atoms with Crippen molar-refractivity contribution in [2.24, 2.45) is 11.7 Å². The monoisotopic (exact) mass is 613 g/mol. The summed E-state index contributed by atoms with van der Waals surface area (Å²) in [6.07, 6.45) is 2.95. The van der Waals surface area contributed by atoms with Crippen molar-refractivity contribution in [3.8, 4) is 23.3 Å². The van der Waals surface area contributed by atoms with Crippen LogP contribution < -0.4 is 21.1 Å². The molecule has 4 rings (SSSR count). The van der Waals surface area contributed by atoms with Gasteiger partial charge < -0.3 is 15.8 Å². The standard InChI is InChI=1S/C27H25F2N5O3.3ClH/c28-21-5-3-18(4-6-21)12-26(35)33-27(36)32-22-7-8-25(23(29)13-22)37-24-9-10-31-15-20(24)2-1-11-34-16-19(14-30)17-34;;;/h3-10,13,15,19H,11-12,14,16-17,30H2,(H2,32,33,35,36);3*1H. The number of urea groups is 1. The molecular weight excluding hydrogens is 587 g/mol. The number of pyridine rings is 1. The Bertz CT molecular complexity index is 1350. The molecule has 40 heavy (non-hydrogen) atoms. The highest BCUT2D eigenvalue weighted by Crippen LogP contribution is 2.28. The van der Waals surface area contributed by atoms with Crippen LogP contribution in [0.3, 0.4) is 0 Å². The number of halogens is 5. The van der Waals surface area contributed by atoms with E-state index in [2.05, 4.69) is 32.4 Å². The third kappa shape index (κ3) is 9.93. The molecule has 2 aromatic carbocycles. The first kappa shape index (κ1) is 34.6. The lowest BCUT2D eigenvalue weighted by atomic mass is 10.0. The van der Waals surface area contributed by atoms with E-state index in [1.807, 2.05) is 0 Å². The van der Waals surface area contributed by atoms with E-state index in [4.69, 9.17) is 10.5 Å². The average molecular weight is 615 g/mol. The second-order valence-corrected chi connectivity index (χ2v) is 8.52. The Hall–Kier alpha value is -3.46. The van der Waals surface area contributed by atoms with E-state index in [1.54, 1.807) is 12.3 Å². The van der Waals surface area contributed by atoms with Crippen molar-refractivity contribution >= 4 is 54.8 Å². The summed E-state index contributed by atoms with van der Waals surface area (Å²) in [5, 5.41) is 4.54. The van der Waals surface area contributed by atoms with Crippen molar-refractivity contribution < 1.29 is 23.1 Å². The van der Waals surface area contributed by atoms with Crippen LogP contribution in [-0.2, 0) is 11.2 Å². The van der Waals surface area contributed by atoms with Crippen LogP contribution >= 0.6 is 37.2 Å². The Morgan fingerprint density at radius 2 is 1.77 bits per heavy atom. The van der Waals surface area contributed by atoms with E-state index >= 15 is 0 Å². The molecule has 0 radical (unpaired) electrons. The Balaban J connectivity index is 0.00000267. The van der Waals surface area contributed by atoms with E-state index in [-0.39, 0.29) is 55.1 Å². The molecule has 0 aliphatic carbocycles. The molecule has 0 spiro atoms. The van der Waals surface area contributed by atoms with E-state index in [0.717, 1.165) is 19.2 Å². The fourth-order valence-electron chi connectivity index (χ4n) is 3.67. The van der Waals surface area contributed by atoms with Crippen LogP contribution in [0.4, 0.5) is 19.3 Å². The van der Waals surface area contributed by atoms with Gasteiger partial charge in [-0.25, -0.2) is 13.6 Å². The predicted octanol–water partition coefficient (Wildman–Crippen LogP) is 4.55. The van der Waals surface area contributed by atoms with Crippen LogP contribution in [0.5, 0.6) is 11.5 Å². The van der Waals surface area contributed by atoms with Crippen LogP contribution in [0.25, 0.3) is 0 Å². The first-order valence-corrected chi connectivity index (χ1v) is 11.6. The molecule has 3 aromatic rings. The maximum atomic E-state index is 14.7. The molecule has 1 fully saturated rings. The number of imide groups is 1. The maximum absolute atomic E-state index is 14.7. The molecule has 1 saturated heterocycles. The molecule has 13 heteroatoms. The Morgan fingerprint density at radius 3 is 2.45 bits per heavy atom. The molecule has 0 bridgehead atoms. The summed E-state index contributed by atoms with van der Waals surface area (Å²) in [6.45, 7) is 3.11. The molecule has 8 nitrogen and oxygen atoms in total. The number of rotatable bonds is 7. The lowest BCUT2D eigenvalue weighted by molar-refractivity contribution is -0.119. The van der Waals surface area contributed by atoms with Gasteiger partial charge >= 0.3 is 6.03 Å². The molecule has 4 N–H and O–H groups in total. The highest BCUT2D eigenvalue weighted by molar-refractivity contribution is 6.01. The Labute approximate surface area is 249 Å². The van der Waals surface area contributed by atoms with E-state index < -0.39 is 23.6 Å². The number of aromatic nitrogens is 1. The predicted molar refractivity (Wildman–Crippen MR) is 156 cm³/mol. The van der Waals surface area contributed by atoms with Gasteiger partial charge in [-0.2, -0.15) is 0 Å². The quantitative estimate of drug-likeness (QED) is 0.337. The highest BCUT2D eigenvalue weighted by Gasteiger charge is 2.23. The van der Waals surface area contributed by atoms with Crippen LogP contribution in [0, 0.1) is 29.4 Å². The summed E-state index contributed by atoms with van der Waals surface area (Å²) in [5.41, 5.74) is 6.81. The molecule has 3 amide bonds. The van der Waals surface area contributed by atoms with Gasteiger partial charge in [0.25, 0.3) is 0 Å². The summed E-state index contributed by atoms with van der Waals surface area (Å²) < 4.78 is 33.4. The molecule has 2 heterocycles. The highest BCUT2D eigenvalue weighted by atomic mass is 35.5. The average Bonchev–Trinajstić information content (AvgIpc) is 2.84. The molecule has 0 atom stereocenters. The van der Waals surface area contributed by atoms with Gasteiger partial charge in [-0.3, -0.25) is 20.0 Å². The van der Waals surface area contributed by atoms with Gasteiger partial charge in [-0.15, -0.1) is 37.2 Å². The fourth-order valence-corrected chi connectivity index (χ4v) is 3.67. The smallest absolute Gasteiger partial charge is 0.325 e. The molecule has 0 saturated carbocycles. The summed E-state index contributed by atoms with van der Waals surface area (Å²) >= 11 is 0. The van der Waals surface area contributed by atoms with E-state index in [9.17, 15) is 18.4 Å². The number of nitrogens with two attached hydrogens (primary N) is 1. The summed E-state index contributed by atoms with van der Waals surface area (Å²) in [6, 6.07) is 9.97. The van der Waals surface area contributed by atoms with Gasteiger partial charge in [0.1, 0.15) is 11.6 Å². The van der Waals surface area contributed by atoms with Gasteiger partial charge in [-0.1, -0.05) is 24.0 Å². The first-order chi connectivity index (χ1) is 17.9. The number of benzene rings is 2. The number of ether oxygens (including phenoxy) is 1. The van der Waals surface area contributed by atoms with Gasteiger partial charge in [0.05, 0.1) is 18.5 Å². The van der Waals surface area contributed by atoms with Crippen LogP contribution in [0.15, 0.2) is 60.9 Å². The number of hydrogen-bond donors (Lipinski definition) is 3. The number of carbonyl (C=O) groups is 2. The van der Waals surface area contributed by atoms with Crippen LogP contribution in [-0.4, -0.2) is 48.0 Å². The SMILES string of the molecule is Cl.Cl.Cl.NCC1CN(CC#Cc2cnccc2Oc2ccc(NC(=O)NC(=O)Cc3ccc(F)cc3)cc2F)C1. The summed E-state index contributed by atoms with van der Waals surface area (Å²) in [7, 11) is 0. The van der Waals surface area contributed by atoms with Crippen molar-refractivity contribution in [2.45, 2.75) is 6.42 Å². The minimum absolute atomic E-state index is 0. The molecule has 214 valence electrons. The number of hydrogen-bond acceptors (Lipinski definition) is 6. The Morgan fingerprint density at radius 1 is 1.05 bits per heavy atom. The minimum atomic E-state index is -0.827. The number of likely N-dealkylation sites (tertiary alicyclic amines) is 1. The fraction of sp³-hybridized carbons (Fsp3) is 0.222. The third-order valence-electron chi connectivity index (χ3n) is 5.61. The summed E-state index contributed by atoms with van der Waals surface area (Å²) in [4.78, 5) is 30.4. The van der Waals surface area contributed by atoms with Crippen molar-refractivity contribution in [1.82, 2.24) is 15.2 Å². The molecule has 1 aliphatic heterocycles. The molecule has 1 aromatic heterocycles. The van der Waals surface area contributed by atoms with Crippen molar-refractivity contribution in [3.05, 3.63) is 83.7 Å². The molecular formula is C27H28Cl3F2N5O3. The van der Waals surface area contributed by atoms with Gasteiger partial charge in [0, 0.05) is 43.3 Å². The lowest BCUT2D eigenvalue weighted by Gasteiger charge is -2.37. The Kier molecular flexibility index (Phi) is 14.3.